The minimum atomic E-state index is -0.0614. The highest BCUT2D eigenvalue weighted by Gasteiger charge is 2.06. The molecule has 122 valence electrons. The number of hydrogen-bond donors (Lipinski definition) is 1. The summed E-state index contributed by atoms with van der Waals surface area (Å²) in [6.07, 6.45) is 0. The van der Waals surface area contributed by atoms with E-state index in [9.17, 15) is 4.79 Å². The Morgan fingerprint density at radius 3 is 2.65 bits per heavy atom. The lowest BCUT2D eigenvalue weighted by molar-refractivity contribution is 0.0955. The highest BCUT2D eigenvalue weighted by molar-refractivity contribution is 7.99. The van der Waals surface area contributed by atoms with Gasteiger partial charge in [-0.3, -0.25) is 4.79 Å². The van der Waals surface area contributed by atoms with Gasteiger partial charge in [0.15, 0.2) is 0 Å². The van der Waals surface area contributed by atoms with Gasteiger partial charge in [0.2, 0.25) is 0 Å². The molecule has 4 heteroatoms. The number of carbonyl (C=O) groups excluding carboxylic acids is 1. The highest BCUT2D eigenvalue weighted by Crippen LogP contribution is 2.16. The van der Waals surface area contributed by atoms with Crippen molar-refractivity contribution in [3.63, 3.8) is 0 Å². The number of hydrogen-bond acceptors (Lipinski definition) is 3. The number of ether oxygens (including phenoxy) is 1. The molecule has 0 radical (unpaired) electrons. The zero-order valence-electron chi connectivity index (χ0n) is 13.6. The molecule has 0 fully saturated rings. The number of benzene rings is 2. The molecule has 0 aliphatic rings. The minimum Gasteiger partial charge on any atom is -0.493 e. The fourth-order valence-electron chi connectivity index (χ4n) is 1.94. The molecule has 0 saturated heterocycles. The van der Waals surface area contributed by atoms with E-state index in [1.54, 1.807) is 17.8 Å². The van der Waals surface area contributed by atoms with Gasteiger partial charge in [-0.15, -0.1) is 11.8 Å². The van der Waals surface area contributed by atoms with Crippen molar-refractivity contribution < 1.29 is 9.53 Å². The minimum absolute atomic E-state index is 0.0614. The van der Waals surface area contributed by atoms with Crippen LogP contribution in [0.25, 0.3) is 0 Å². The van der Waals surface area contributed by atoms with Gasteiger partial charge in [0, 0.05) is 22.8 Å². The van der Waals surface area contributed by atoms with Gasteiger partial charge in [0.25, 0.3) is 5.91 Å². The Kier molecular flexibility index (Phi) is 7.01. The maximum atomic E-state index is 12.2. The molecule has 1 amide bonds. The topological polar surface area (TPSA) is 38.3 Å². The van der Waals surface area contributed by atoms with E-state index in [2.05, 4.69) is 31.3 Å². The van der Waals surface area contributed by atoms with Crippen LogP contribution in [0.15, 0.2) is 59.5 Å². The standard InChI is InChI=1S/C19H23NO2S/c1-15(2)14-22-17-8-6-7-16(13-17)19(21)20-11-12-23-18-9-4-3-5-10-18/h3-10,13,15H,11-12,14H2,1-2H3,(H,20,21). The Morgan fingerprint density at radius 1 is 1.13 bits per heavy atom. The molecular formula is C19H23NO2S. The number of carbonyl (C=O) groups is 1. The summed E-state index contributed by atoms with van der Waals surface area (Å²) in [5.74, 6) is 1.99. The first-order valence-electron chi connectivity index (χ1n) is 7.84. The van der Waals surface area contributed by atoms with Gasteiger partial charge in [-0.2, -0.15) is 0 Å². The first-order chi connectivity index (χ1) is 11.1. The summed E-state index contributed by atoms with van der Waals surface area (Å²) in [7, 11) is 0. The average molecular weight is 329 g/mol. The Bertz CT molecular complexity index is 614. The van der Waals surface area contributed by atoms with E-state index in [1.165, 1.54) is 4.90 Å². The van der Waals surface area contributed by atoms with Crippen molar-refractivity contribution in [1.29, 1.82) is 0 Å². The molecule has 0 aliphatic heterocycles. The van der Waals surface area contributed by atoms with Gasteiger partial charge < -0.3 is 10.1 Å². The molecule has 2 aromatic carbocycles. The predicted octanol–water partition coefficient (Wildman–Crippen LogP) is 4.24. The molecule has 0 bridgehead atoms. The summed E-state index contributed by atoms with van der Waals surface area (Å²) < 4.78 is 5.66. The zero-order valence-corrected chi connectivity index (χ0v) is 14.4. The Morgan fingerprint density at radius 2 is 1.91 bits per heavy atom. The molecule has 3 nitrogen and oxygen atoms in total. The van der Waals surface area contributed by atoms with Crippen LogP contribution in [0.5, 0.6) is 5.75 Å². The van der Waals surface area contributed by atoms with Crippen molar-refractivity contribution in [3.8, 4) is 5.75 Å². The van der Waals surface area contributed by atoms with Crippen molar-refractivity contribution in [1.82, 2.24) is 5.32 Å². The van der Waals surface area contributed by atoms with E-state index in [1.807, 2.05) is 36.4 Å². The second-order valence-electron chi connectivity index (χ2n) is 5.65. The van der Waals surface area contributed by atoms with E-state index in [4.69, 9.17) is 4.74 Å². The molecule has 1 N–H and O–H groups in total. The van der Waals surface area contributed by atoms with E-state index in [-0.39, 0.29) is 5.91 Å². The van der Waals surface area contributed by atoms with Crippen molar-refractivity contribution in [2.24, 2.45) is 5.92 Å². The lowest BCUT2D eigenvalue weighted by Gasteiger charge is -2.10. The zero-order chi connectivity index (χ0) is 16.5. The summed E-state index contributed by atoms with van der Waals surface area (Å²) >= 11 is 1.73. The summed E-state index contributed by atoms with van der Waals surface area (Å²) in [5, 5.41) is 2.95. The van der Waals surface area contributed by atoms with Crippen LogP contribution in [0.4, 0.5) is 0 Å². The maximum absolute atomic E-state index is 12.2. The first kappa shape index (κ1) is 17.4. The lowest BCUT2D eigenvalue weighted by atomic mass is 10.2. The normalized spacial score (nSPS) is 10.6. The largest absolute Gasteiger partial charge is 0.493 e. The molecule has 23 heavy (non-hydrogen) atoms. The quantitative estimate of drug-likeness (QED) is 0.581. The molecule has 2 aromatic rings. The Balaban J connectivity index is 1.77. The summed E-state index contributed by atoms with van der Waals surface area (Å²) in [6.45, 7) is 5.48. The molecule has 0 unspecified atom stereocenters. The number of thioether (sulfide) groups is 1. The first-order valence-corrected chi connectivity index (χ1v) is 8.82. The van der Waals surface area contributed by atoms with Crippen LogP contribution in [-0.4, -0.2) is 24.8 Å². The van der Waals surface area contributed by atoms with Gasteiger partial charge in [-0.25, -0.2) is 0 Å². The lowest BCUT2D eigenvalue weighted by Crippen LogP contribution is -2.25. The van der Waals surface area contributed by atoms with Crippen molar-refractivity contribution in [3.05, 3.63) is 60.2 Å². The SMILES string of the molecule is CC(C)COc1cccc(C(=O)NCCSc2ccccc2)c1. The second kappa shape index (κ2) is 9.26. The van der Waals surface area contributed by atoms with Gasteiger partial charge in [-0.1, -0.05) is 38.1 Å². The van der Waals surface area contributed by atoms with Crippen LogP contribution >= 0.6 is 11.8 Å². The highest BCUT2D eigenvalue weighted by atomic mass is 32.2. The van der Waals surface area contributed by atoms with Crippen molar-refractivity contribution >= 4 is 17.7 Å². The Hall–Kier alpha value is -1.94. The molecule has 0 heterocycles. The predicted molar refractivity (Wildman–Crippen MR) is 96.3 cm³/mol. The van der Waals surface area contributed by atoms with Crippen LogP contribution in [0.3, 0.4) is 0 Å². The molecule has 2 rings (SSSR count). The van der Waals surface area contributed by atoms with Gasteiger partial charge in [0.05, 0.1) is 6.61 Å². The number of amides is 1. The summed E-state index contributed by atoms with van der Waals surface area (Å²) in [4.78, 5) is 13.4. The van der Waals surface area contributed by atoms with Gasteiger partial charge in [0.1, 0.15) is 5.75 Å². The molecule has 0 aromatic heterocycles. The monoisotopic (exact) mass is 329 g/mol. The Labute approximate surface area is 142 Å². The fraction of sp³-hybridized carbons (Fsp3) is 0.316. The number of nitrogens with one attached hydrogen (secondary N) is 1. The molecule has 0 saturated carbocycles. The van der Waals surface area contributed by atoms with E-state index in [0.717, 1.165) is 11.5 Å². The van der Waals surface area contributed by atoms with Crippen LogP contribution in [0.2, 0.25) is 0 Å². The van der Waals surface area contributed by atoms with Crippen LogP contribution < -0.4 is 10.1 Å². The third-order valence-electron chi connectivity index (χ3n) is 3.08. The molecule has 0 spiro atoms. The average Bonchev–Trinajstić information content (AvgIpc) is 2.58. The summed E-state index contributed by atoms with van der Waals surface area (Å²) in [5.41, 5.74) is 0.635. The fourth-order valence-corrected chi connectivity index (χ4v) is 2.73. The van der Waals surface area contributed by atoms with Crippen LogP contribution in [0, 0.1) is 5.92 Å². The maximum Gasteiger partial charge on any atom is 0.251 e. The molecule has 0 atom stereocenters. The van der Waals surface area contributed by atoms with E-state index >= 15 is 0 Å². The summed E-state index contributed by atoms with van der Waals surface area (Å²) in [6, 6.07) is 17.5. The number of rotatable bonds is 8. The van der Waals surface area contributed by atoms with E-state index < -0.39 is 0 Å². The van der Waals surface area contributed by atoms with Gasteiger partial charge >= 0.3 is 0 Å². The smallest absolute Gasteiger partial charge is 0.251 e. The molecular weight excluding hydrogens is 306 g/mol. The van der Waals surface area contributed by atoms with Crippen molar-refractivity contribution in [2.45, 2.75) is 18.7 Å². The van der Waals surface area contributed by atoms with Crippen LogP contribution in [0.1, 0.15) is 24.2 Å². The van der Waals surface area contributed by atoms with Crippen LogP contribution in [-0.2, 0) is 0 Å². The van der Waals surface area contributed by atoms with E-state index in [0.29, 0.717) is 24.6 Å². The second-order valence-corrected chi connectivity index (χ2v) is 6.82. The molecule has 0 aliphatic carbocycles. The third-order valence-corrected chi connectivity index (χ3v) is 4.09. The third kappa shape index (κ3) is 6.37. The van der Waals surface area contributed by atoms with Crippen molar-refractivity contribution in [2.75, 3.05) is 18.9 Å². The van der Waals surface area contributed by atoms with Gasteiger partial charge in [-0.05, 0) is 36.2 Å².